The molecule has 0 saturated carbocycles. The van der Waals surface area contributed by atoms with E-state index < -0.39 is 0 Å². The molecule has 0 spiro atoms. The van der Waals surface area contributed by atoms with Gasteiger partial charge >= 0.3 is 0 Å². The van der Waals surface area contributed by atoms with Crippen molar-refractivity contribution in [3.8, 4) is 5.75 Å². The first-order chi connectivity index (χ1) is 9.79. The lowest BCUT2D eigenvalue weighted by atomic mass is 10.2. The third kappa shape index (κ3) is 2.38. The Labute approximate surface area is 118 Å². The predicted octanol–water partition coefficient (Wildman–Crippen LogP) is 3.46. The van der Waals surface area contributed by atoms with Gasteiger partial charge in [0.05, 0.1) is 7.11 Å². The Balaban J connectivity index is 1.91. The number of benzene rings is 1. The molecule has 2 aromatic rings. The molecule has 1 aromatic heterocycles. The van der Waals surface area contributed by atoms with E-state index in [2.05, 4.69) is 0 Å². The number of carbonyl (C=O) groups is 1. The van der Waals surface area contributed by atoms with Crippen LogP contribution in [-0.2, 0) is 0 Å². The SMILES string of the molecule is COc1cccc2cc(C(=O)N3CCCCCC3)oc12. The van der Waals surface area contributed by atoms with Crippen LogP contribution in [0.3, 0.4) is 0 Å². The van der Waals surface area contributed by atoms with Crippen molar-refractivity contribution in [2.45, 2.75) is 25.7 Å². The van der Waals surface area contributed by atoms with Crippen molar-refractivity contribution < 1.29 is 13.9 Å². The van der Waals surface area contributed by atoms with Crippen LogP contribution in [-0.4, -0.2) is 31.0 Å². The smallest absolute Gasteiger partial charge is 0.289 e. The van der Waals surface area contributed by atoms with E-state index in [4.69, 9.17) is 9.15 Å². The topological polar surface area (TPSA) is 42.7 Å². The first-order valence-electron chi connectivity index (χ1n) is 7.15. The number of ether oxygens (including phenoxy) is 1. The Kier molecular flexibility index (Phi) is 3.63. The van der Waals surface area contributed by atoms with Crippen LogP contribution in [0.1, 0.15) is 36.2 Å². The van der Waals surface area contributed by atoms with Gasteiger partial charge in [0.15, 0.2) is 17.1 Å². The fraction of sp³-hybridized carbons (Fsp3) is 0.438. The van der Waals surface area contributed by atoms with Crippen LogP contribution in [0.2, 0.25) is 0 Å². The number of para-hydroxylation sites is 1. The van der Waals surface area contributed by atoms with Crippen LogP contribution in [0.25, 0.3) is 11.0 Å². The lowest BCUT2D eigenvalue weighted by molar-refractivity contribution is 0.0732. The summed E-state index contributed by atoms with van der Waals surface area (Å²) in [6.07, 6.45) is 4.57. The number of carbonyl (C=O) groups excluding carboxylic acids is 1. The van der Waals surface area contributed by atoms with Gasteiger partial charge in [-0.3, -0.25) is 4.79 Å². The standard InChI is InChI=1S/C16H19NO3/c1-19-13-8-6-7-12-11-14(20-15(12)13)16(18)17-9-4-2-3-5-10-17/h6-8,11H,2-5,9-10H2,1H3. The van der Waals surface area contributed by atoms with Crippen molar-refractivity contribution in [2.24, 2.45) is 0 Å². The minimum absolute atomic E-state index is 0.00912. The van der Waals surface area contributed by atoms with E-state index in [1.54, 1.807) is 7.11 Å². The number of rotatable bonds is 2. The van der Waals surface area contributed by atoms with Crippen LogP contribution in [0.15, 0.2) is 28.7 Å². The van der Waals surface area contributed by atoms with E-state index in [1.807, 2.05) is 29.2 Å². The Hall–Kier alpha value is -1.97. The summed E-state index contributed by atoms with van der Waals surface area (Å²) in [7, 11) is 1.60. The van der Waals surface area contributed by atoms with E-state index in [-0.39, 0.29) is 5.91 Å². The Morgan fingerprint density at radius 2 is 1.95 bits per heavy atom. The molecule has 1 fully saturated rings. The molecular formula is C16H19NO3. The quantitative estimate of drug-likeness (QED) is 0.841. The minimum atomic E-state index is -0.00912. The van der Waals surface area contributed by atoms with E-state index in [0.29, 0.717) is 17.1 Å². The highest BCUT2D eigenvalue weighted by atomic mass is 16.5. The second-order valence-electron chi connectivity index (χ2n) is 5.20. The van der Waals surface area contributed by atoms with Crippen LogP contribution >= 0.6 is 0 Å². The fourth-order valence-electron chi connectivity index (χ4n) is 2.73. The van der Waals surface area contributed by atoms with Gasteiger partial charge < -0.3 is 14.1 Å². The number of hydrogen-bond acceptors (Lipinski definition) is 3. The van der Waals surface area contributed by atoms with Crippen molar-refractivity contribution in [1.29, 1.82) is 0 Å². The summed E-state index contributed by atoms with van der Waals surface area (Å²) < 4.78 is 11.0. The molecule has 2 heterocycles. The van der Waals surface area contributed by atoms with Gasteiger partial charge in [0.2, 0.25) is 0 Å². The van der Waals surface area contributed by atoms with Crippen LogP contribution in [0.4, 0.5) is 0 Å². The predicted molar refractivity (Wildman–Crippen MR) is 77.1 cm³/mol. The number of methoxy groups -OCH3 is 1. The Bertz CT molecular complexity index is 609. The maximum Gasteiger partial charge on any atom is 0.289 e. The van der Waals surface area contributed by atoms with E-state index in [0.717, 1.165) is 31.3 Å². The minimum Gasteiger partial charge on any atom is -0.493 e. The molecular weight excluding hydrogens is 254 g/mol. The molecule has 4 nitrogen and oxygen atoms in total. The molecule has 1 aromatic carbocycles. The maximum absolute atomic E-state index is 12.5. The molecule has 1 saturated heterocycles. The molecule has 0 unspecified atom stereocenters. The number of nitrogens with zero attached hydrogens (tertiary/aromatic N) is 1. The highest BCUT2D eigenvalue weighted by molar-refractivity contribution is 5.97. The van der Waals surface area contributed by atoms with Crippen LogP contribution < -0.4 is 4.74 Å². The monoisotopic (exact) mass is 273 g/mol. The number of fused-ring (bicyclic) bond motifs is 1. The van der Waals surface area contributed by atoms with Gasteiger partial charge in [-0.15, -0.1) is 0 Å². The molecule has 20 heavy (non-hydrogen) atoms. The van der Waals surface area contributed by atoms with Crippen molar-refractivity contribution in [1.82, 2.24) is 4.90 Å². The molecule has 0 radical (unpaired) electrons. The first-order valence-corrected chi connectivity index (χ1v) is 7.15. The van der Waals surface area contributed by atoms with Gasteiger partial charge in [0, 0.05) is 18.5 Å². The van der Waals surface area contributed by atoms with E-state index in [1.165, 1.54) is 12.8 Å². The second-order valence-corrected chi connectivity index (χ2v) is 5.20. The summed E-state index contributed by atoms with van der Waals surface area (Å²) in [6, 6.07) is 7.48. The number of furan rings is 1. The average Bonchev–Trinajstić information content (AvgIpc) is 2.73. The van der Waals surface area contributed by atoms with Gasteiger partial charge in [-0.1, -0.05) is 25.0 Å². The molecule has 0 N–H and O–H groups in total. The molecule has 1 aliphatic rings. The van der Waals surface area contributed by atoms with Crippen LogP contribution in [0, 0.1) is 0 Å². The summed E-state index contributed by atoms with van der Waals surface area (Å²) in [6.45, 7) is 1.65. The summed E-state index contributed by atoms with van der Waals surface area (Å²) in [5, 5.41) is 0.905. The summed E-state index contributed by atoms with van der Waals surface area (Å²) in [5.41, 5.74) is 0.646. The summed E-state index contributed by atoms with van der Waals surface area (Å²) in [4.78, 5) is 14.4. The highest BCUT2D eigenvalue weighted by Gasteiger charge is 2.21. The summed E-state index contributed by atoms with van der Waals surface area (Å²) >= 11 is 0. The molecule has 3 rings (SSSR count). The summed E-state index contributed by atoms with van der Waals surface area (Å²) in [5.74, 6) is 1.06. The highest BCUT2D eigenvalue weighted by Crippen LogP contribution is 2.29. The number of likely N-dealkylation sites (tertiary alicyclic amines) is 1. The van der Waals surface area contributed by atoms with Gasteiger partial charge in [-0.05, 0) is 25.0 Å². The molecule has 4 heteroatoms. The zero-order chi connectivity index (χ0) is 13.9. The first kappa shape index (κ1) is 13.0. The van der Waals surface area contributed by atoms with Crippen molar-refractivity contribution in [3.63, 3.8) is 0 Å². The van der Waals surface area contributed by atoms with Crippen LogP contribution in [0.5, 0.6) is 5.75 Å². The van der Waals surface area contributed by atoms with E-state index in [9.17, 15) is 4.79 Å². The van der Waals surface area contributed by atoms with Crippen molar-refractivity contribution in [3.05, 3.63) is 30.0 Å². The number of hydrogen-bond donors (Lipinski definition) is 0. The largest absolute Gasteiger partial charge is 0.493 e. The average molecular weight is 273 g/mol. The lowest BCUT2D eigenvalue weighted by Crippen LogP contribution is -2.31. The lowest BCUT2D eigenvalue weighted by Gasteiger charge is -2.18. The van der Waals surface area contributed by atoms with Crippen molar-refractivity contribution in [2.75, 3.05) is 20.2 Å². The molecule has 1 amide bonds. The third-order valence-electron chi connectivity index (χ3n) is 3.83. The second kappa shape index (κ2) is 5.57. The zero-order valence-electron chi connectivity index (χ0n) is 11.7. The van der Waals surface area contributed by atoms with Gasteiger partial charge in [-0.25, -0.2) is 0 Å². The van der Waals surface area contributed by atoms with Gasteiger partial charge in [0.1, 0.15) is 0 Å². The Morgan fingerprint density at radius 1 is 1.20 bits per heavy atom. The molecule has 0 atom stereocenters. The molecule has 1 aliphatic heterocycles. The molecule has 0 bridgehead atoms. The normalized spacial score (nSPS) is 16.1. The van der Waals surface area contributed by atoms with Crippen molar-refractivity contribution >= 4 is 16.9 Å². The maximum atomic E-state index is 12.5. The number of amides is 1. The molecule has 0 aliphatic carbocycles. The Morgan fingerprint density at radius 3 is 2.65 bits per heavy atom. The third-order valence-corrected chi connectivity index (χ3v) is 3.83. The van der Waals surface area contributed by atoms with E-state index >= 15 is 0 Å². The fourth-order valence-corrected chi connectivity index (χ4v) is 2.73. The van der Waals surface area contributed by atoms with Gasteiger partial charge in [0.25, 0.3) is 5.91 Å². The van der Waals surface area contributed by atoms with Gasteiger partial charge in [-0.2, -0.15) is 0 Å². The molecule has 106 valence electrons. The zero-order valence-corrected chi connectivity index (χ0v) is 11.7.